The number of carbonyl (C=O) groups is 3. The first-order valence-corrected chi connectivity index (χ1v) is 10.9. The second-order valence-corrected chi connectivity index (χ2v) is 8.36. The predicted molar refractivity (Wildman–Crippen MR) is 116 cm³/mol. The molecule has 2 aliphatic heterocycles. The van der Waals surface area contributed by atoms with Gasteiger partial charge in [0, 0.05) is 6.54 Å². The number of esters is 1. The molecule has 0 unspecified atom stereocenters. The molecular weight excluding hydrogens is 394 g/mol. The van der Waals surface area contributed by atoms with E-state index in [-0.39, 0.29) is 30.5 Å². The van der Waals surface area contributed by atoms with Crippen LogP contribution in [0.25, 0.3) is 0 Å². The van der Waals surface area contributed by atoms with Crippen LogP contribution in [0.15, 0.2) is 42.5 Å². The molecule has 5 rings (SSSR count). The van der Waals surface area contributed by atoms with Crippen LogP contribution in [-0.2, 0) is 20.7 Å². The number of fused-ring (bicyclic) bond motifs is 4. The van der Waals surface area contributed by atoms with Gasteiger partial charge in [0.15, 0.2) is 6.61 Å². The Bertz CT molecular complexity index is 1050. The Morgan fingerprint density at radius 3 is 2.90 bits per heavy atom. The number of benzene rings is 2. The summed E-state index contributed by atoms with van der Waals surface area (Å²) in [5.41, 5.74) is 4.24. The predicted octanol–water partition coefficient (Wildman–Crippen LogP) is 2.96. The average molecular weight is 419 g/mol. The zero-order chi connectivity index (χ0) is 21.4. The molecule has 31 heavy (non-hydrogen) atoms. The molecule has 0 spiro atoms. The molecule has 3 aliphatic rings. The van der Waals surface area contributed by atoms with Gasteiger partial charge in [-0.15, -0.1) is 0 Å². The number of aryl methyl sites for hydroxylation is 1. The van der Waals surface area contributed by atoms with Crippen molar-refractivity contribution in [2.75, 3.05) is 23.4 Å². The average Bonchev–Trinajstić information content (AvgIpc) is 3.28. The molecule has 2 amide bonds. The summed E-state index contributed by atoms with van der Waals surface area (Å²) in [6, 6.07) is 13.1. The summed E-state index contributed by atoms with van der Waals surface area (Å²) in [4.78, 5) is 39.3. The molecule has 1 saturated heterocycles. The zero-order valence-electron chi connectivity index (χ0n) is 17.2. The summed E-state index contributed by atoms with van der Waals surface area (Å²) in [7, 11) is 0. The van der Waals surface area contributed by atoms with Gasteiger partial charge in [0.25, 0.3) is 5.91 Å². The normalized spacial score (nSPS) is 21.4. The van der Waals surface area contributed by atoms with Gasteiger partial charge in [-0.25, -0.2) is 4.79 Å². The van der Waals surface area contributed by atoms with Crippen molar-refractivity contribution in [2.45, 2.75) is 44.2 Å². The van der Waals surface area contributed by atoms with Crippen LogP contribution in [0, 0.1) is 0 Å². The van der Waals surface area contributed by atoms with Crippen LogP contribution in [0.3, 0.4) is 0 Å². The van der Waals surface area contributed by atoms with Gasteiger partial charge in [-0.05, 0) is 61.4 Å². The van der Waals surface area contributed by atoms with Gasteiger partial charge in [-0.3, -0.25) is 9.59 Å². The minimum atomic E-state index is -0.584. The van der Waals surface area contributed by atoms with Crippen molar-refractivity contribution in [2.24, 2.45) is 0 Å². The van der Waals surface area contributed by atoms with Crippen LogP contribution in [0.1, 0.15) is 53.2 Å². The quantitative estimate of drug-likeness (QED) is 0.744. The van der Waals surface area contributed by atoms with Gasteiger partial charge in [-0.1, -0.05) is 24.3 Å². The number of rotatable bonds is 4. The number of amides is 2. The van der Waals surface area contributed by atoms with E-state index >= 15 is 0 Å². The lowest BCUT2D eigenvalue weighted by molar-refractivity contribution is -0.125. The summed E-state index contributed by atoms with van der Waals surface area (Å²) >= 11 is 0. The Kier molecular flexibility index (Phi) is 5.10. The van der Waals surface area contributed by atoms with E-state index in [1.165, 1.54) is 5.56 Å². The number of anilines is 2. The lowest BCUT2D eigenvalue weighted by Crippen LogP contribution is -2.43. The van der Waals surface area contributed by atoms with E-state index in [9.17, 15) is 14.4 Å². The number of hydrogen-bond acceptors (Lipinski definition) is 5. The van der Waals surface area contributed by atoms with E-state index in [0.717, 1.165) is 49.9 Å². The molecule has 0 radical (unpaired) electrons. The van der Waals surface area contributed by atoms with E-state index in [2.05, 4.69) is 21.6 Å². The molecule has 2 aromatic rings. The van der Waals surface area contributed by atoms with Crippen molar-refractivity contribution < 1.29 is 19.1 Å². The highest BCUT2D eigenvalue weighted by molar-refractivity contribution is 6.05. The van der Waals surface area contributed by atoms with Gasteiger partial charge in [0.05, 0.1) is 23.0 Å². The maximum Gasteiger partial charge on any atom is 0.338 e. The van der Waals surface area contributed by atoms with Gasteiger partial charge in [0.2, 0.25) is 5.91 Å². The van der Waals surface area contributed by atoms with E-state index in [1.54, 1.807) is 12.1 Å². The minimum absolute atomic E-state index is 0.0392. The van der Waals surface area contributed by atoms with Gasteiger partial charge < -0.3 is 20.3 Å². The second kappa shape index (κ2) is 8.06. The second-order valence-electron chi connectivity index (χ2n) is 8.36. The molecule has 2 heterocycles. The van der Waals surface area contributed by atoms with Crippen molar-refractivity contribution >= 4 is 29.2 Å². The fourth-order valence-electron chi connectivity index (χ4n) is 4.91. The molecule has 2 aromatic carbocycles. The third-order valence-electron chi connectivity index (χ3n) is 6.39. The first kappa shape index (κ1) is 19.6. The smallest absolute Gasteiger partial charge is 0.338 e. The molecule has 0 saturated carbocycles. The fourth-order valence-corrected chi connectivity index (χ4v) is 4.91. The summed E-state index contributed by atoms with van der Waals surface area (Å²) in [5, 5.41) is 5.87. The van der Waals surface area contributed by atoms with Crippen LogP contribution < -0.4 is 15.5 Å². The van der Waals surface area contributed by atoms with Crippen LogP contribution in [0.4, 0.5) is 11.4 Å². The number of hydrogen-bond donors (Lipinski definition) is 2. The molecule has 2 N–H and O–H groups in total. The lowest BCUT2D eigenvalue weighted by atomic mass is 9.88. The van der Waals surface area contributed by atoms with Crippen molar-refractivity contribution in [3.63, 3.8) is 0 Å². The van der Waals surface area contributed by atoms with Crippen molar-refractivity contribution in [3.8, 4) is 0 Å². The maximum absolute atomic E-state index is 12.5. The van der Waals surface area contributed by atoms with Crippen molar-refractivity contribution in [1.82, 2.24) is 5.32 Å². The topological polar surface area (TPSA) is 87.7 Å². The number of ether oxygens (including phenoxy) is 1. The Labute approximate surface area is 180 Å². The highest BCUT2D eigenvalue weighted by Crippen LogP contribution is 2.37. The third kappa shape index (κ3) is 3.76. The van der Waals surface area contributed by atoms with Gasteiger partial charge in [-0.2, -0.15) is 0 Å². The summed E-state index contributed by atoms with van der Waals surface area (Å²) in [5.74, 6) is -0.941. The number of nitrogens with one attached hydrogen (secondary N) is 2. The molecule has 2 atom stereocenters. The minimum Gasteiger partial charge on any atom is -0.452 e. The van der Waals surface area contributed by atoms with Gasteiger partial charge in [0.1, 0.15) is 6.04 Å². The molecule has 0 bridgehead atoms. The van der Waals surface area contributed by atoms with Gasteiger partial charge >= 0.3 is 5.97 Å². The molecule has 1 fully saturated rings. The molecule has 7 heteroatoms. The monoisotopic (exact) mass is 419 g/mol. The van der Waals surface area contributed by atoms with E-state index in [0.29, 0.717) is 11.3 Å². The Hall–Kier alpha value is -3.35. The van der Waals surface area contributed by atoms with E-state index in [1.807, 2.05) is 24.3 Å². The Morgan fingerprint density at radius 2 is 2.00 bits per heavy atom. The number of carbonyl (C=O) groups excluding carboxylic acids is 3. The first-order valence-electron chi connectivity index (χ1n) is 10.9. The van der Waals surface area contributed by atoms with E-state index in [4.69, 9.17) is 4.74 Å². The Morgan fingerprint density at radius 1 is 1.13 bits per heavy atom. The highest BCUT2D eigenvalue weighted by Gasteiger charge is 2.36. The van der Waals surface area contributed by atoms with Crippen molar-refractivity contribution in [3.05, 3.63) is 59.2 Å². The standard InChI is InChI=1S/C24H25N3O4/c28-22(25-18-8-3-6-15-5-1-2-7-17(15)18)14-31-24(30)16-10-11-20-19(13-16)26-23(29)21-9-4-12-27(20)21/h1-2,5,7,10-11,13,18,21H,3-4,6,8-9,12,14H2,(H,25,28)(H,26,29)/t18-,21-/m1/s1. The zero-order valence-corrected chi connectivity index (χ0v) is 17.2. The number of nitrogens with zero attached hydrogens (tertiary/aromatic N) is 1. The van der Waals surface area contributed by atoms with Crippen LogP contribution >= 0.6 is 0 Å². The summed E-state index contributed by atoms with van der Waals surface area (Å²) in [6.45, 7) is 0.495. The molecular formula is C24H25N3O4. The van der Waals surface area contributed by atoms with E-state index < -0.39 is 5.97 Å². The third-order valence-corrected chi connectivity index (χ3v) is 6.39. The summed E-state index contributed by atoms with van der Waals surface area (Å²) < 4.78 is 5.25. The molecule has 1 aliphatic carbocycles. The Balaban J connectivity index is 1.21. The first-order chi connectivity index (χ1) is 15.1. The molecule has 160 valence electrons. The largest absolute Gasteiger partial charge is 0.452 e. The fraction of sp³-hybridized carbons (Fsp3) is 0.375. The molecule has 7 nitrogen and oxygen atoms in total. The maximum atomic E-state index is 12.5. The van der Waals surface area contributed by atoms with Crippen LogP contribution in [0.2, 0.25) is 0 Å². The lowest BCUT2D eigenvalue weighted by Gasteiger charge is -2.33. The van der Waals surface area contributed by atoms with Crippen LogP contribution in [-0.4, -0.2) is 37.0 Å². The summed E-state index contributed by atoms with van der Waals surface area (Å²) in [6.07, 6.45) is 4.72. The molecule has 0 aromatic heterocycles. The SMILES string of the molecule is O=C(COC(=O)c1ccc2c(c1)NC(=O)[C@H]1CCCN21)N[C@@H]1CCCc2ccccc21. The highest BCUT2D eigenvalue weighted by atomic mass is 16.5. The van der Waals surface area contributed by atoms with Crippen LogP contribution in [0.5, 0.6) is 0 Å². The van der Waals surface area contributed by atoms with Crippen molar-refractivity contribution in [1.29, 1.82) is 0 Å².